The Balaban J connectivity index is 2.06. The summed E-state index contributed by atoms with van der Waals surface area (Å²) < 4.78 is 0. The molecule has 3 rings (SSSR count). The van der Waals surface area contributed by atoms with Crippen LogP contribution in [0.25, 0.3) is 0 Å². The van der Waals surface area contributed by atoms with Gasteiger partial charge in [-0.25, -0.2) is 4.98 Å². The molecule has 0 aliphatic carbocycles. The molecular formula is C13H14N4. The third-order valence-electron chi connectivity index (χ3n) is 2.86. The minimum absolute atomic E-state index is 0.912. The molecule has 2 heterocycles. The number of nitrogens with zero attached hydrogens (tertiary/aromatic N) is 3. The van der Waals surface area contributed by atoms with Gasteiger partial charge in [0.15, 0.2) is 5.82 Å². The van der Waals surface area contributed by atoms with Crippen LogP contribution in [0.5, 0.6) is 0 Å². The molecule has 2 aromatic rings. The van der Waals surface area contributed by atoms with Crippen LogP contribution in [-0.2, 0) is 0 Å². The first kappa shape index (κ1) is 10.1. The second-order valence-corrected chi connectivity index (χ2v) is 4.11. The second kappa shape index (κ2) is 4.05. The highest BCUT2D eigenvalue weighted by Gasteiger charge is 2.18. The van der Waals surface area contributed by atoms with E-state index in [-0.39, 0.29) is 0 Å². The van der Waals surface area contributed by atoms with Gasteiger partial charge in [0.2, 0.25) is 0 Å². The minimum atomic E-state index is 0.912. The van der Waals surface area contributed by atoms with Crippen molar-refractivity contribution in [2.45, 2.75) is 6.92 Å². The summed E-state index contributed by atoms with van der Waals surface area (Å²) in [6.45, 7) is 3.80. The number of para-hydroxylation sites is 2. The van der Waals surface area contributed by atoms with Crippen molar-refractivity contribution in [3.05, 3.63) is 42.4 Å². The first-order valence-electron chi connectivity index (χ1n) is 5.74. The van der Waals surface area contributed by atoms with Gasteiger partial charge in [0.1, 0.15) is 0 Å². The Bertz CT molecular complexity index is 538. The molecule has 0 saturated carbocycles. The van der Waals surface area contributed by atoms with Gasteiger partial charge in [-0.1, -0.05) is 12.1 Å². The molecule has 0 unspecified atom stereocenters. The fraction of sp³-hybridized carbons (Fsp3) is 0.231. The second-order valence-electron chi connectivity index (χ2n) is 4.11. The van der Waals surface area contributed by atoms with Crippen molar-refractivity contribution in [1.82, 2.24) is 9.97 Å². The molecule has 1 aromatic carbocycles. The number of benzene rings is 1. The van der Waals surface area contributed by atoms with Crippen LogP contribution in [0.15, 0.2) is 36.7 Å². The molecule has 1 aliphatic heterocycles. The van der Waals surface area contributed by atoms with E-state index in [2.05, 4.69) is 32.3 Å². The van der Waals surface area contributed by atoms with Gasteiger partial charge in [0.05, 0.1) is 23.3 Å². The maximum absolute atomic E-state index is 4.53. The van der Waals surface area contributed by atoms with Gasteiger partial charge in [0, 0.05) is 19.3 Å². The Morgan fingerprint density at radius 3 is 3.00 bits per heavy atom. The highest BCUT2D eigenvalue weighted by Crippen LogP contribution is 2.32. The molecule has 86 valence electrons. The molecule has 4 nitrogen and oxygen atoms in total. The van der Waals surface area contributed by atoms with Crippen LogP contribution >= 0.6 is 0 Å². The van der Waals surface area contributed by atoms with Gasteiger partial charge >= 0.3 is 0 Å². The number of nitrogens with one attached hydrogen (secondary N) is 1. The van der Waals surface area contributed by atoms with E-state index in [1.54, 1.807) is 6.20 Å². The van der Waals surface area contributed by atoms with E-state index in [1.165, 1.54) is 5.69 Å². The van der Waals surface area contributed by atoms with Crippen molar-refractivity contribution in [2.24, 2.45) is 0 Å². The van der Waals surface area contributed by atoms with E-state index < -0.39 is 0 Å². The summed E-state index contributed by atoms with van der Waals surface area (Å²) in [4.78, 5) is 10.9. The highest BCUT2D eigenvalue weighted by molar-refractivity contribution is 5.76. The number of anilines is 3. The number of aromatic nitrogens is 2. The van der Waals surface area contributed by atoms with E-state index in [0.29, 0.717) is 0 Å². The van der Waals surface area contributed by atoms with Crippen LogP contribution in [-0.4, -0.2) is 23.1 Å². The van der Waals surface area contributed by atoms with Gasteiger partial charge < -0.3 is 10.2 Å². The molecule has 0 bridgehead atoms. The Morgan fingerprint density at radius 1 is 1.24 bits per heavy atom. The summed E-state index contributed by atoms with van der Waals surface area (Å²) in [7, 11) is 0. The average molecular weight is 226 g/mol. The summed E-state index contributed by atoms with van der Waals surface area (Å²) in [6, 6.07) is 8.27. The highest BCUT2D eigenvalue weighted by atomic mass is 15.2. The number of fused-ring (bicyclic) bond motifs is 1. The third kappa shape index (κ3) is 1.82. The van der Waals surface area contributed by atoms with Crippen LogP contribution in [0.2, 0.25) is 0 Å². The van der Waals surface area contributed by atoms with Gasteiger partial charge in [-0.2, -0.15) is 0 Å². The Labute approximate surface area is 100 Å². The first-order valence-corrected chi connectivity index (χ1v) is 5.74. The number of hydrogen-bond acceptors (Lipinski definition) is 4. The molecule has 1 aromatic heterocycles. The Morgan fingerprint density at radius 2 is 2.12 bits per heavy atom. The molecule has 0 radical (unpaired) electrons. The van der Waals surface area contributed by atoms with E-state index >= 15 is 0 Å². The zero-order valence-corrected chi connectivity index (χ0v) is 9.72. The van der Waals surface area contributed by atoms with Crippen molar-refractivity contribution >= 4 is 17.2 Å². The molecule has 0 spiro atoms. The average Bonchev–Trinajstić information content (AvgIpc) is 2.38. The maximum atomic E-state index is 4.53. The lowest BCUT2D eigenvalue weighted by Gasteiger charge is -2.30. The number of rotatable bonds is 1. The molecule has 4 heteroatoms. The molecule has 0 saturated heterocycles. The number of aryl methyl sites for hydroxylation is 1. The molecule has 0 fully saturated rings. The van der Waals surface area contributed by atoms with Crippen LogP contribution in [0.3, 0.4) is 0 Å². The Hall–Kier alpha value is -2.10. The van der Waals surface area contributed by atoms with E-state index in [4.69, 9.17) is 0 Å². The van der Waals surface area contributed by atoms with Gasteiger partial charge in [-0.05, 0) is 19.1 Å². The standard InChI is InChI=1S/C13H14N4/c1-10-8-14-9-13(16-10)17-7-6-15-11-4-2-3-5-12(11)17/h2-5,8-9,15H,6-7H2,1H3. The first-order chi connectivity index (χ1) is 8.34. The topological polar surface area (TPSA) is 41.1 Å². The van der Waals surface area contributed by atoms with Crippen molar-refractivity contribution in [3.8, 4) is 0 Å². The largest absolute Gasteiger partial charge is 0.382 e. The molecular weight excluding hydrogens is 212 g/mol. The van der Waals surface area contributed by atoms with Crippen molar-refractivity contribution in [1.29, 1.82) is 0 Å². The fourth-order valence-corrected chi connectivity index (χ4v) is 2.10. The molecule has 1 N–H and O–H groups in total. The van der Waals surface area contributed by atoms with E-state index in [0.717, 1.165) is 30.3 Å². The van der Waals surface area contributed by atoms with Crippen LogP contribution in [0.4, 0.5) is 17.2 Å². The summed E-state index contributed by atoms with van der Waals surface area (Å²) in [5.41, 5.74) is 3.26. The zero-order valence-electron chi connectivity index (χ0n) is 9.72. The third-order valence-corrected chi connectivity index (χ3v) is 2.86. The van der Waals surface area contributed by atoms with Gasteiger partial charge in [-0.3, -0.25) is 4.98 Å². The van der Waals surface area contributed by atoms with E-state index in [9.17, 15) is 0 Å². The summed E-state index contributed by atoms with van der Waals surface area (Å²) in [6.07, 6.45) is 3.59. The zero-order chi connectivity index (χ0) is 11.7. The van der Waals surface area contributed by atoms with Gasteiger partial charge in [0.25, 0.3) is 0 Å². The SMILES string of the molecule is Cc1cncc(N2CCNc3ccccc32)n1. The summed E-state index contributed by atoms with van der Waals surface area (Å²) >= 11 is 0. The quantitative estimate of drug-likeness (QED) is 0.810. The lowest BCUT2D eigenvalue weighted by molar-refractivity contribution is 0.895. The molecule has 0 atom stereocenters. The van der Waals surface area contributed by atoms with Crippen molar-refractivity contribution in [3.63, 3.8) is 0 Å². The molecule has 17 heavy (non-hydrogen) atoms. The van der Waals surface area contributed by atoms with Crippen molar-refractivity contribution in [2.75, 3.05) is 23.3 Å². The summed E-state index contributed by atoms with van der Waals surface area (Å²) in [5, 5.41) is 3.39. The molecule has 0 amide bonds. The lowest BCUT2D eigenvalue weighted by Crippen LogP contribution is -2.30. The van der Waals surface area contributed by atoms with Crippen molar-refractivity contribution < 1.29 is 0 Å². The monoisotopic (exact) mass is 226 g/mol. The fourth-order valence-electron chi connectivity index (χ4n) is 2.10. The molecule has 1 aliphatic rings. The lowest BCUT2D eigenvalue weighted by atomic mass is 10.2. The smallest absolute Gasteiger partial charge is 0.151 e. The van der Waals surface area contributed by atoms with Crippen LogP contribution < -0.4 is 10.2 Å². The minimum Gasteiger partial charge on any atom is -0.382 e. The van der Waals surface area contributed by atoms with Gasteiger partial charge in [-0.15, -0.1) is 0 Å². The van der Waals surface area contributed by atoms with E-state index in [1.807, 2.05) is 25.3 Å². The number of hydrogen-bond donors (Lipinski definition) is 1. The van der Waals surface area contributed by atoms with Crippen LogP contribution in [0.1, 0.15) is 5.69 Å². The van der Waals surface area contributed by atoms with Crippen LogP contribution in [0, 0.1) is 6.92 Å². The summed E-state index contributed by atoms with van der Waals surface area (Å²) in [5.74, 6) is 0.916. The normalized spacial score (nSPS) is 14.1. The predicted octanol–water partition coefficient (Wildman–Crippen LogP) is 2.35. The maximum Gasteiger partial charge on any atom is 0.151 e. The Kier molecular flexibility index (Phi) is 2.40. The predicted molar refractivity (Wildman–Crippen MR) is 68.7 cm³/mol.